The van der Waals surface area contributed by atoms with Gasteiger partial charge in [-0.25, -0.2) is 0 Å². The predicted octanol–water partition coefficient (Wildman–Crippen LogP) is 2.05. The molecule has 2 aliphatic rings. The second-order valence-corrected chi connectivity index (χ2v) is 5.48. The van der Waals surface area contributed by atoms with Crippen molar-refractivity contribution in [3.63, 3.8) is 0 Å². The highest BCUT2D eigenvalue weighted by Gasteiger charge is 2.30. The number of carbonyl (C=O) groups is 1. The summed E-state index contributed by atoms with van der Waals surface area (Å²) in [5, 5.41) is 3.36. The van der Waals surface area contributed by atoms with Crippen LogP contribution < -0.4 is 5.32 Å². The smallest absolute Gasteiger partial charge is 0.231 e. The molecule has 3 heteroatoms. The Morgan fingerprint density at radius 3 is 3.05 bits per heavy atom. The third kappa shape index (κ3) is 2.43. The molecule has 1 aromatic rings. The first-order chi connectivity index (χ1) is 9.25. The topological polar surface area (TPSA) is 32.3 Å². The van der Waals surface area contributed by atoms with Gasteiger partial charge in [0.2, 0.25) is 5.91 Å². The zero-order valence-corrected chi connectivity index (χ0v) is 11.4. The molecule has 0 bridgehead atoms. The summed E-state index contributed by atoms with van der Waals surface area (Å²) >= 11 is 0. The van der Waals surface area contributed by atoms with Crippen molar-refractivity contribution in [2.75, 3.05) is 19.6 Å². The molecule has 0 radical (unpaired) electrons. The zero-order valence-electron chi connectivity index (χ0n) is 11.4. The van der Waals surface area contributed by atoms with E-state index in [9.17, 15) is 4.79 Å². The van der Waals surface area contributed by atoms with Crippen LogP contribution in [0, 0.1) is 0 Å². The minimum atomic E-state index is -0.0177. The number of carbonyl (C=O) groups excluding carboxylic acids is 1. The summed E-state index contributed by atoms with van der Waals surface area (Å²) in [4.78, 5) is 14.7. The molecule has 0 aliphatic carbocycles. The second-order valence-electron chi connectivity index (χ2n) is 5.48. The Morgan fingerprint density at radius 1 is 1.37 bits per heavy atom. The average molecular weight is 256 g/mol. The molecule has 1 N–H and O–H groups in total. The lowest BCUT2D eigenvalue weighted by Gasteiger charge is -2.33. The van der Waals surface area contributed by atoms with Crippen LogP contribution in [0.25, 0.3) is 0 Å². The van der Waals surface area contributed by atoms with Gasteiger partial charge in [-0.1, -0.05) is 35.9 Å². The molecular weight excluding hydrogens is 236 g/mol. The molecule has 0 fully saturated rings. The van der Waals surface area contributed by atoms with E-state index in [1.54, 1.807) is 0 Å². The summed E-state index contributed by atoms with van der Waals surface area (Å²) in [6.07, 6.45) is 3.22. The van der Waals surface area contributed by atoms with E-state index in [-0.39, 0.29) is 11.8 Å². The Bertz CT molecular complexity index is 521. The number of hydrogen-bond acceptors (Lipinski definition) is 2. The monoisotopic (exact) mass is 256 g/mol. The van der Waals surface area contributed by atoms with E-state index in [4.69, 9.17) is 0 Å². The van der Waals surface area contributed by atoms with Gasteiger partial charge >= 0.3 is 0 Å². The average Bonchev–Trinajstić information content (AvgIpc) is 2.46. The van der Waals surface area contributed by atoms with Gasteiger partial charge in [0.05, 0.1) is 5.92 Å². The van der Waals surface area contributed by atoms with Crippen molar-refractivity contribution in [2.45, 2.75) is 25.8 Å². The lowest BCUT2D eigenvalue weighted by atomic mass is 9.89. The summed E-state index contributed by atoms with van der Waals surface area (Å²) in [6.45, 7) is 5.38. The standard InChI is InChI=1S/C16H20N2O/c1-12-5-4-8-18(11-12)16(19)15-10-17-9-13-6-2-3-7-14(13)15/h2-3,5-7,15,17H,4,8-11H2,1H3. The molecule has 3 rings (SSSR count). The SMILES string of the molecule is CC1=CCCN(C(=O)C2CNCc3ccccc32)C1. The van der Waals surface area contributed by atoms with Crippen LogP contribution in [-0.4, -0.2) is 30.4 Å². The quantitative estimate of drug-likeness (QED) is 0.780. The molecule has 1 aromatic carbocycles. The van der Waals surface area contributed by atoms with Crippen molar-refractivity contribution in [2.24, 2.45) is 0 Å². The number of fused-ring (bicyclic) bond motifs is 1. The highest BCUT2D eigenvalue weighted by molar-refractivity contribution is 5.85. The number of rotatable bonds is 1. The molecule has 3 nitrogen and oxygen atoms in total. The predicted molar refractivity (Wildman–Crippen MR) is 75.8 cm³/mol. The van der Waals surface area contributed by atoms with Gasteiger partial charge in [-0.05, 0) is 24.5 Å². The molecule has 1 amide bonds. The molecule has 2 aliphatic heterocycles. The number of nitrogens with one attached hydrogen (secondary N) is 1. The van der Waals surface area contributed by atoms with E-state index in [1.807, 2.05) is 17.0 Å². The van der Waals surface area contributed by atoms with Gasteiger partial charge in [-0.15, -0.1) is 0 Å². The molecule has 0 saturated carbocycles. The first-order valence-electron chi connectivity index (χ1n) is 6.98. The molecule has 0 saturated heterocycles. The van der Waals surface area contributed by atoms with Gasteiger partial charge in [0.15, 0.2) is 0 Å². The highest BCUT2D eigenvalue weighted by Crippen LogP contribution is 2.26. The molecule has 100 valence electrons. The number of amides is 1. The molecule has 19 heavy (non-hydrogen) atoms. The van der Waals surface area contributed by atoms with Crippen molar-refractivity contribution in [3.05, 3.63) is 47.0 Å². The Balaban J connectivity index is 1.83. The van der Waals surface area contributed by atoms with Crippen LogP contribution in [0.3, 0.4) is 0 Å². The Kier molecular flexibility index (Phi) is 3.38. The normalized spacial score (nSPS) is 22.7. The van der Waals surface area contributed by atoms with E-state index in [1.165, 1.54) is 16.7 Å². The summed E-state index contributed by atoms with van der Waals surface area (Å²) in [6, 6.07) is 8.29. The summed E-state index contributed by atoms with van der Waals surface area (Å²) < 4.78 is 0. The van der Waals surface area contributed by atoms with Crippen molar-refractivity contribution in [3.8, 4) is 0 Å². The summed E-state index contributed by atoms with van der Waals surface area (Å²) in [5.74, 6) is 0.253. The lowest BCUT2D eigenvalue weighted by molar-refractivity contribution is -0.132. The van der Waals surface area contributed by atoms with Gasteiger partial charge in [-0.2, -0.15) is 0 Å². The largest absolute Gasteiger partial charge is 0.338 e. The van der Waals surface area contributed by atoms with Crippen LogP contribution in [-0.2, 0) is 11.3 Å². The number of nitrogens with zero attached hydrogens (tertiary/aromatic N) is 1. The van der Waals surface area contributed by atoms with Crippen LogP contribution in [0.1, 0.15) is 30.4 Å². The van der Waals surface area contributed by atoms with Gasteiger partial charge in [0.25, 0.3) is 0 Å². The summed E-state index contributed by atoms with van der Waals surface area (Å²) in [7, 11) is 0. The first kappa shape index (κ1) is 12.4. The molecule has 0 aromatic heterocycles. The van der Waals surface area contributed by atoms with Crippen LogP contribution >= 0.6 is 0 Å². The van der Waals surface area contributed by atoms with Crippen molar-refractivity contribution >= 4 is 5.91 Å². The zero-order chi connectivity index (χ0) is 13.2. The first-order valence-corrected chi connectivity index (χ1v) is 6.98. The van der Waals surface area contributed by atoms with E-state index < -0.39 is 0 Å². The molecule has 1 unspecified atom stereocenters. The van der Waals surface area contributed by atoms with Crippen molar-refractivity contribution in [1.82, 2.24) is 10.2 Å². The fraction of sp³-hybridized carbons (Fsp3) is 0.438. The third-order valence-electron chi connectivity index (χ3n) is 4.04. The van der Waals surface area contributed by atoms with Gasteiger partial charge < -0.3 is 10.2 Å². The molecule has 0 spiro atoms. The molecule has 1 atom stereocenters. The van der Waals surface area contributed by atoms with Gasteiger partial charge in [0, 0.05) is 26.2 Å². The van der Waals surface area contributed by atoms with Gasteiger partial charge in [0.1, 0.15) is 0 Å². The molecular formula is C16H20N2O. The minimum Gasteiger partial charge on any atom is -0.338 e. The number of benzene rings is 1. The maximum absolute atomic E-state index is 12.7. The maximum Gasteiger partial charge on any atom is 0.231 e. The molecule has 2 heterocycles. The van der Waals surface area contributed by atoms with Gasteiger partial charge in [-0.3, -0.25) is 4.79 Å². The fourth-order valence-electron chi connectivity index (χ4n) is 3.04. The maximum atomic E-state index is 12.7. The minimum absolute atomic E-state index is 0.0177. The Hall–Kier alpha value is -1.61. The van der Waals surface area contributed by atoms with E-state index in [0.717, 1.165) is 32.6 Å². The van der Waals surface area contributed by atoms with Crippen LogP contribution in [0.5, 0.6) is 0 Å². The van der Waals surface area contributed by atoms with Crippen molar-refractivity contribution in [1.29, 1.82) is 0 Å². The fourth-order valence-corrected chi connectivity index (χ4v) is 3.04. The van der Waals surface area contributed by atoms with E-state index in [0.29, 0.717) is 0 Å². The third-order valence-corrected chi connectivity index (χ3v) is 4.04. The van der Waals surface area contributed by atoms with Crippen LogP contribution in [0.2, 0.25) is 0 Å². The summed E-state index contributed by atoms with van der Waals surface area (Å²) in [5.41, 5.74) is 3.77. The van der Waals surface area contributed by atoms with E-state index in [2.05, 4.69) is 30.4 Å². The Labute approximate surface area is 114 Å². The second kappa shape index (κ2) is 5.17. The number of hydrogen-bond donors (Lipinski definition) is 1. The van der Waals surface area contributed by atoms with Crippen LogP contribution in [0.4, 0.5) is 0 Å². The van der Waals surface area contributed by atoms with Crippen molar-refractivity contribution < 1.29 is 4.79 Å². The Morgan fingerprint density at radius 2 is 2.21 bits per heavy atom. The highest BCUT2D eigenvalue weighted by atomic mass is 16.2. The lowest BCUT2D eigenvalue weighted by Crippen LogP contribution is -2.43. The van der Waals surface area contributed by atoms with Crippen LogP contribution in [0.15, 0.2) is 35.9 Å². The van der Waals surface area contributed by atoms with E-state index >= 15 is 0 Å².